The number of rotatable bonds is 3. The molecule has 1 aromatic carbocycles. The minimum absolute atomic E-state index is 0.0381. The second kappa shape index (κ2) is 5.19. The number of anilines is 1. The fourth-order valence-electron chi connectivity index (χ4n) is 1.93. The number of nitrogens with one attached hydrogen (secondary N) is 1. The average Bonchev–Trinajstić information content (AvgIpc) is 2.27. The third-order valence-corrected chi connectivity index (χ3v) is 3.36. The second-order valence-corrected chi connectivity index (χ2v) is 4.53. The van der Waals surface area contributed by atoms with E-state index in [4.69, 9.17) is 5.73 Å². The normalized spacial score (nSPS) is 15.2. The zero-order chi connectivity index (χ0) is 12.3. The van der Waals surface area contributed by atoms with E-state index < -0.39 is 0 Å². The SMILES string of the molecule is CN(C(=O)Nc1cccc(CN)c1)C1CCC1. The number of benzene rings is 1. The molecule has 0 atom stereocenters. The molecule has 0 spiro atoms. The highest BCUT2D eigenvalue weighted by molar-refractivity contribution is 5.89. The maximum atomic E-state index is 11.9. The summed E-state index contributed by atoms with van der Waals surface area (Å²) in [5.41, 5.74) is 7.40. The molecule has 0 radical (unpaired) electrons. The van der Waals surface area contributed by atoms with Crippen molar-refractivity contribution in [3.8, 4) is 0 Å². The van der Waals surface area contributed by atoms with Gasteiger partial charge in [-0.1, -0.05) is 12.1 Å². The molecule has 92 valence electrons. The van der Waals surface area contributed by atoms with Gasteiger partial charge in [-0.2, -0.15) is 0 Å². The van der Waals surface area contributed by atoms with E-state index in [9.17, 15) is 4.79 Å². The average molecular weight is 233 g/mol. The van der Waals surface area contributed by atoms with Gasteiger partial charge in [0, 0.05) is 25.3 Å². The molecule has 1 aliphatic rings. The van der Waals surface area contributed by atoms with E-state index in [-0.39, 0.29) is 6.03 Å². The van der Waals surface area contributed by atoms with Gasteiger partial charge in [0.15, 0.2) is 0 Å². The van der Waals surface area contributed by atoms with Crippen molar-refractivity contribution in [2.24, 2.45) is 5.73 Å². The zero-order valence-corrected chi connectivity index (χ0v) is 10.1. The summed E-state index contributed by atoms with van der Waals surface area (Å²) in [7, 11) is 1.85. The van der Waals surface area contributed by atoms with E-state index in [2.05, 4.69) is 5.32 Å². The number of carbonyl (C=O) groups is 1. The largest absolute Gasteiger partial charge is 0.326 e. The van der Waals surface area contributed by atoms with Crippen molar-refractivity contribution in [1.82, 2.24) is 4.90 Å². The molecule has 4 heteroatoms. The van der Waals surface area contributed by atoms with Crippen LogP contribution >= 0.6 is 0 Å². The summed E-state index contributed by atoms with van der Waals surface area (Å²) < 4.78 is 0. The van der Waals surface area contributed by atoms with Crippen molar-refractivity contribution in [2.45, 2.75) is 31.8 Å². The monoisotopic (exact) mass is 233 g/mol. The van der Waals surface area contributed by atoms with Gasteiger partial charge in [-0.15, -0.1) is 0 Å². The molecule has 3 N–H and O–H groups in total. The van der Waals surface area contributed by atoms with Crippen LogP contribution in [0, 0.1) is 0 Å². The van der Waals surface area contributed by atoms with Crippen LogP contribution in [0.5, 0.6) is 0 Å². The standard InChI is InChI=1S/C13H19N3O/c1-16(12-6-3-7-12)13(17)15-11-5-2-4-10(8-11)9-14/h2,4-5,8,12H,3,6-7,9,14H2,1H3,(H,15,17). The number of carbonyl (C=O) groups excluding carboxylic acids is 1. The van der Waals surface area contributed by atoms with Gasteiger partial charge >= 0.3 is 6.03 Å². The topological polar surface area (TPSA) is 58.4 Å². The van der Waals surface area contributed by atoms with Crippen LogP contribution in [0.4, 0.5) is 10.5 Å². The maximum absolute atomic E-state index is 11.9. The van der Waals surface area contributed by atoms with Gasteiger partial charge in [0.1, 0.15) is 0 Å². The molecule has 0 aliphatic heterocycles. The Morgan fingerprint density at radius 3 is 2.88 bits per heavy atom. The number of amides is 2. The predicted octanol–water partition coefficient (Wildman–Crippen LogP) is 2.16. The summed E-state index contributed by atoms with van der Waals surface area (Å²) in [4.78, 5) is 13.7. The Balaban J connectivity index is 1.96. The number of hydrogen-bond acceptors (Lipinski definition) is 2. The lowest BCUT2D eigenvalue weighted by Crippen LogP contribution is -2.43. The molecule has 4 nitrogen and oxygen atoms in total. The molecule has 17 heavy (non-hydrogen) atoms. The minimum atomic E-state index is -0.0381. The molecule has 0 heterocycles. The van der Waals surface area contributed by atoms with Crippen LogP contribution < -0.4 is 11.1 Å². The van der Waals surface area contributed by atoms with Gasteiger partial charge in [-0.05, 0) is 37.0 Å². The Morgan fingerprint density at radius 2 is 2.29 bits per heavy atom. The summed E-state index contributed by atoms with van der Waals surface area (Å²) in [5, 5.41) is 2.90. The predicted molar refractivity (Wildman–Crippen MR) is 68.8 cm³/mol. The summed E-state index contributed by atoms with van der Waals surface area (Å²) >= 11 is 0. The Hall–Kier alpha value is -1.55. The summed E-state index contributed by atoms with van der Waals surface area (Å²) in [6.45, 7) is 0.488. The molecule has 0 aromatic heterocycles. The van der Waals surface area contributed by atoms with Gasteiger partial charge in [0.25, 0.3) is 0 Å². The fourth-order valence-corrected chi connectivity index (χ4v) is 1.93. The van der Waals surface area contributed by atoms with Gasteiger partial charge in [-0.25, -0.2) is 4.79 Å². The van der Waals surface area contributed by atoms with Crippen LogP contribution in [0.15, 0.2) is 24.3 Å². The summed E-state index contributed by atoms with van der Waals surface area (Å²) in [5.74, 6) is 0. The highest BCUT2D eigenvalue weighted by Crippen LogP contribution is 2.24. The van der Waals surface area contributed by atoms with Crippen LogP contribution in [0.2, 0.25) is 0 Å². The van der Waals surface area contributed by atoms with Gasteiger partial charge in [0.05, 0.1) is 0 Å². The van der Waals surface area contributed by atoms with Crippen LogP contribution in [-0.2, 0) is 6.54 Å². The van der Waals surface area contributed by atoms with Gasteiger partial charge < -0.3 is 16.0 Å². The number of hydrogen-bond donors (Lipinski definition) is 2. The Labute approximate surface area is 102 Å². The van der Waals surface area contributed by atoms with Crippen molar-refractivity contribution in [1.29, 1.82) is 0 Å². The van der Waals surface area contributed by atoms with E-state index in [1.165, 1.54) is 6.42 Å². The maximum Gasteiger partial charge on any atom is 0.321 e. The summed E-state index contributed by atoms with van der Waals surface area (Å²) in [6, 6.07) is 8.02. The molecule has 0 unspecified atom stereocenters. The lowest BCUT2D eigenvalue weighted by atomic mass is 9.92. The zero-order valence-electron chi connectivity index (χ0n) is 10.1. The Bertz CT molecular complexity index is 401. The first-order valence-electron chi connectivity index (χ1n) is 6.03. The van der Waals surface area contributed by atoms with E-state index in [1.807, 2.05) is 31.3 Å². The molecule has 0 bridgehead atoms. The Kier molecular flexibility index (Phi) is 3.64. The lowest BCUT2D eigenvalue weighted by Gasteiger charge is -2.34. The van der Waals surface area contributed by atoms with E-state index in [1.54, 1.807) is 4.90 Å². The van der Waals surface area contributed by atoms with Crippen molar-refractivity contribution in [3.05, 3.63) is 29.8 Å². The van der Waals surface area contributed by atoms with Crippen molar-refractivity contribution >= 4 is 11.7 Å². The molecule has 1 aliphatic carbocycles. The molecule has 2 amide bonds. The highest BCUT2D eigenvalue weighted by atomic mass is 16.2. The van der Waals surface area contributed by atoms with Crippen molar-refractivity contribution < 1.29 is 4.79 Å². The second-order valence-electron chi connectivity index (χ2n) is 4.53. The quantitative estimate of drug-likeness (QED) is 0.840. The van der Waals surface area contributed by atoms with Gasteiger partial charge in [0.2, 0.25) is 0 Å². The smallest absolute Gasteiger partial charge is 0.321 e. The molecular formula is C13H19N3O. The molecule has 1 fully saturated rings. The first-order valence-corrected chi connectivity index (χ1v) is 6.03. The van der Waals surface area contributed by atoms with Gasteiger partial charge in [-0.3, -0.25) is 0 Å². The van der Waals surface area contributed by atoms with E-state index >= 15 is 0 Å². The van der Waals surface area contributed by atoms with Crippen molar-refractivity contribution in [2.75, 3.05) is 12.4 Å². The highest BCUT2D eigenvalue weighted by Gasteiger charge is 2.25. The van der Waals surface area contributed by atoms with Crippen LogP contribution in [0.1, 0.15) is 24.8 Å². The fraction of sp³-hybridized carbons (Fsp3) is 0.462. The number of nitrogens with two attached hydrogens (primary N) is 1. The lowest BCUT2D eigenvalue weighted by molar-refractivity contribution is 0.169. The molecule has 1 saturated carbocycles. The van der Waals surface area contributed by atoms with Crippen LogP contribution in [0.25, 0.3) is 0 Å². The number of nitrogens with zero attached hydrogens (tertiary/aromatic N) is 1. The molecule has 0 saturated heterocycles. The summed E-state index contributed by atoms with van der Waals surface area (Å²) in [6.07, 6.45) is 3.46. The van der Waals surface area contributed by atoms with Crippen molar-refractivity contribution in [3.63, 3.8) is 0 Å². The van der Waals surface area contributed by atoms with E-state index in [0.29, 0.717) is 12.6 Å². The third kappa shape index (κ3) is 2.77. The molecule has 1 aromatic rings. The third-order valence-electron chi connectivity index (χ3n) is 3.36. The Morgan fingerprint density at radius 1 is 1.53 bits per heavy atom. The first kappa shape index (κ1) is 11.9. The minimum Gasteiger partial charge on any atom is -0.326 e. The first-order chi connectivity index (χ1) is 8.20. The molecular weight excluding hydrogens is 214 g/mol. The van der Waals surface area contributed by atoms with Crippen LogP contribution in [0.3, 0.4) is 0 Å². The van der Waals surface area contributed by atoms with Crippen LogP contribution in [-0.4, -0.2) is 24.0 Å². The van der Waals surface area contributed by atoms with E-state index in [0.717, 1.165) is 24.1 Å². The molecule has 2 rings (SSSR count). The number of urea groups is 1.